The summed E-state index contributed by atoms with van der Waals surface area (Å²) >= 11 is 0. The number of benzene rings is 1. The Hall–Kier alpha value is -1.90. The number of hydrogen-bond donors (Lipinski definition) is 1. The highest BCUT2D eigenvalue weighted by molar-refractivity contribution is 5.90. The lowest BCUT2D eigenvalue weighted by atomic mass is 10.1. The molecular formula is C11H11NO2. The Bertz CT molecular complexity index is 394. The zero-order valence-corrected chi connectivity index (χ0v) is 7.86. The summed E-state index contributed by atoms with van der Waals surface area (Å²) < 4.78 is 0. The smallest absolute Gasteiger partial charge is 0.241 e. The number of hydrogen-bond acceptors (Lipinski definition) is 2. The normalized spacial score (nSPS) is 10.4. The standard InChI is InChI=1S/C11H11NO2/c1-8-6-9(3-5-11(12)14)2-4-10(8)7-13/h2-7H,1H3,(H2,12,14). The molecule has 1 aromatic carbocycles. The molecule has 0 aliphatic carbocycles. The van der Waals surface area contributed by atoms with Crippen molar-refractivity contribution in [2.75, 3.05) is 0 Å². The number of aryl methyl sites for hydroxylation is 1. The SMILES string of the molecule is Cc1cc(C=CC(N)=O)ccc1C=O. The van der Waals surface area contributed by atoms with E-state index in [4.69, 9.17) is 5.73 Å². The molecule has 1 rings (SSSR count). The van der Waals surface area contributed by atoms with Crippen LogP contribution in [0.25, 0.3) is 6.08 Å². The topological polar surface area (TPSA) is 60.2 Å². The fourth-order valence-electron chi connectivity index (χ4n) is 1.11. The molecule has 0 saturated heterocycles. The second-order valence-corrected chi connectivity index (χ2v) is 2.97. The van der Waals surface area contributed by atoms with Gasteiger partial charge >= 0.3 is 0 Å². The fourth-order valence-corrected chi connectivity index (χ4v) is 1.11. The van der Waals surface area contributed by atoms with Crippen LogP contribution in [-0.4, -0.2) is 12.2 Å². The van der Waals surface area contributed by atoms with Gasteiger partial charge in [-0.3, -0.25) is 9.59 Å². The van der Waals surface area contributed by atoms with Crippen LogP contribution in [0.4, 0.5) is 0 Å². The summed E-state index contributed by atoms with van der Waals surface area (Å²) in [5.41, 5.74) is 7.34. The molecule has 72 valence electrons. The Morgan fingerprint density at radius 3 is 2.64 bits per heavy atom. The Morgan fingerprint density at radius 1 is 1.43 bits per heavy atom. The van der Waals surface area contributed by atoms with Crippen molar-refractivity contribution in [1.29, 1.82) is 0 Å². The first-order valence-electron chi connectivity index (χ1n) is 4.17. The lowest BCUT2D eigenvalue weighted by Crippen LogP contribution is -2.05. The van der Waals surface area contributed by atoms with Gasteiger partial charge in [0.2, 0.25) is 5.91 Å². The van der Waals surface area contributed by atoms with Gasteiger partial charge in [0.25, 0.3) is 0 Å². The van der Waals surface area contributed by atoms with Crippen LogP contribution in [0.5, 0.6) is 0 Å². The Labute approximate surface area is 82.2 Å². The maximum Gasteiger partial charge on any atom is 0.241 e. The largest absolute Gasteiger partial charge is 0.366 e. The van der Waals surface area contributed by atoms with Crippen molar-refractivity contribution in [2.24, 2.45) is 5.73 Å². The molecule has 0 spiro atoms. The molecule has 0 aliphatic rings. The summed E-state index contributed by atoms with van der Waals surface area (Å²) in [7, 11) is 0. The zero-order chi connectivity index (χ0) is 10.6. The minimum absolute atomic E-state index is 0.484. The third-order valence-corrected chi connectivity index (χ3v) is 1.86. The van der Waals surface area contributed by atoms with Crippen LogP contribution in [-0.2, 0) is 4.79 Å². The summed E-state index contributed by atoms with van der Waals surface area (Å²) in [6, 6.07) is 5.29. The molecule has 1 amide bonds. The Balaban J connectivity index is 2.97. The summed E-state index contributed by atoms with van der Waals surface area (Å²) in [4.78, 5) is 21.0. The monoisotopic (exact) mass is 189 g/mol. The molecular weight excluding hydrogens is 178 g/mol. The van der Waals surface area contributed by atoms with Gasteiger partial charge in [0.05, 0.1) is 0 Å². The van der Waals surface area contributed by atoms with Crippen molar-refractivity contribution in [3.8, 4) is 0 Å². The van der Waals surface area contributed by atoms with E-state index in [1.54, 1.807) is 18.2 Å². The fraction of sp³-hybridized carbons (Fsp3) is 0.0909. The van der Waals surface area contributed by atoms with Crippen molar-refractivity contribution in [2.45, 2.75) is 6.92 Å². The highest BCUT2D eigenvalue weighted by Crippen LogP contribution is 2.10. The van der Waals surface area contributed by atoms with Gasteiger partial charge in [0, 0.05) is 11.6 Å². The molecule has 0 aliphatic heterocycles. The molecule has 0 radical (unpaired) electrons. The van der Waals surface area contributed by atoms with E-state index >= 15 is 0 Å². The Kier molecular flexibility index (Phi) is 3.18. The maximum absolute atomic E-state index is 10.5. The van der Waals surface area contributed by atoms with Crippen molar-refractivity contribution >= 4 is 18.3 Å². The minimum Gasteiger partial charge on any atom is -0.366 e. The summed E-state index contributed by atoms with van der Waals surface area (Å²) in [6.45, 7) is 1.84. The average Bonchev–Trinajstić information content (AvgIpc) is 2.15. The van der Waals surface area contributed by atoms with Crippen LogP contribution in [0, 0.1) is 6.92 Å². The van der Waals surface area contributed by atoms with Crippen molar-refractivity contribution in [3.63, 3.8) is 0 Å². The third-order valence-electron chi connectivity index (χ3n) is 1.86. The third kappa shape index (κ3) is 2.55. The van der Waals surface area contributed by atoms with Crippen LogP contribution in [0.1, 0.15) is 21.5 Å². The van der Waals surface area contributed by atoms with Crippen LogP contribution in [0.15, 0.2) is 24.3 Å². The van der Waals surface area contributed by atoms with E-state index in [-0.39, 0.29) is 0 Å². The lowest BCUT2D eigenvalue weighted by Gasteiger charge is -1.99. The van der Waals surface area contributed by atoms with Crippen LogP contribution >= 0.6 is 0 Å². The van der Waals surface area contributed by atoms with E-state index in [1.807, 2.05) is 13.0 Å². The number of aldehydes is 1. The second kappa shape index (κ2) is 4.37. The summed E-state index contributed by atoms with van der Waals surface area (Å²) in [6.07, 6.45) is 3.70. The molecule has 0 aromatic heterocycles. The molecule has 0 atom stereocenters. The highest BCUT2D eigenvalue weighted by Gasteiger charge is 1.96. The van der Waals surface area contributed by atoms with Gasteiger partial charge in [-0.25, -0.2) is 0 Å². The van der Waals surface area contributed by atoms with E-state index in [0.29, 0.717) is 5.56 Å². The van der Waals surface area contributed by atoms with E-state index in [0.717, 1.165) is 17.4 Å². The van der Waals surface area contributed by atoms with E-state index in [2.05, 4.69) is 0 Å². The summed E-state index contributed by atoms with van der Waals surface area (Å²) in [5.74, 6) is -0.484. The first kappa shape index (κ1) is 10.2. The van der Waals surface area contributed by atoms with Crippen LogP contribution in [0.3, 0.4) is 0 Å². The molecule has 2 N–H and O–H groups in total. The van der Waals surface area contributed by atoms with Gasteiger partial charge < -0.3 is 5.73 Å². The quantitative estimate of drug-likeness (QED) is 0.575. The van der Waals surface area contributed by atoms with Gasteiger partial charge in [0.1, 0.15) is 6.29 Å². The van der Waals surface area contributed by atoms with E-state index < -0.39 is 5.91 Å². The first-order chi connectivity index (χ1) is 6.63. The molecule has 0 fully saturated rings. The molecule has 0 saturated carbocycles. The number of carbonyl (C=O) groups excluding carboxylic acids is 2. The van der Waals surface area contributed by atoms with Crippen LogP contribution in [0.2, 0.25) is 0 Å². The van der Waals surface area contributed by atoms with Gasteiger partial charge in [-0.1, -0.05) is 18.2 Å². The predicted molar refractivity (Wildman–Crippen MR) is 54.8 cm³/mol. The second-order valence-electron chi connectivity index (χ2n) is 2.97. The van der Waals surface area contributed by atoms with Crippen molar-refractivity contribution in [1.82, 2.24) is 0 Å². The number of primary amides is 1. The Morgan fingerprint density at radius 2 is 2.14 bits per heavy atom. The maximum atomic E-state index is 10.5. The molecule has 3 nitrogen and oxygen atoms in total. The average molecular weight is 189 g/mol. The van der Waals surface area contributed by atoms with Gasteiger partial charge in [-0.05, 0) is 24.1 Å². The van der Waals surface area contributed by atoms with Gasteiger partial charge in [-0.2, -0.15) is 0 Å². The molecule has 0 unspecified atom stereocenters. The minimum atomic E-state index is -0.484. The predicted octanol–water partition coefficient (Wildman–Crippen LogP) is 1.31. The van der Waals surface area contributed by atoms with E-state index in [1.165, 1.54) is 6.08 Å². The first-order valence-corrected chi connectivity index (χ1v) is 4.17. The molecule has 0 bridgehead atoms. The van der Waals surface area contributed by atoms with Gasteiger partial charge in [-0.15, -0.1) is 0 Å². The number of nitrogens with two attached hydrogens (primary N) is 1. The van der Waals surface area contributed by atoms with E-state index in [9.17, 15) is 9.59 Å². The summed E-state index contributed by atoms with van der Waals surface area (Å²) in [5, 5.41) is 0. The van der Waals surface area contributed by atoms with Gasteiger partial charge in [0.15, 0.2) is 0 Å². The van der Waals surface area contributed by atoms with Crippen molar-refractivity contribution < 1.29 is 9.59 Å². The number of amides is 1. The molecule has 14 heavy (non-hydrogen) atoms. The highest BCUT2D eigenvalue weighted by atomic mass is 16.1. The molecule has 0 heterocycles. The molecule has 1 aromatic rings. The zero-order valence-electron chi connectivity index (χ0n) is 7.86. The van der Waals surface area contributed by atoms with Crippen LogP contribution < -0.4 is 5.73 Å². The number of rotatable bonds is 3. The lowest BCUT2D eigenvalue weighted by molar-refractivity contribution is -0.113. The number of carbonyl (C=O) groups is 2. The molecule has 3 heteroatoms. The van der Waals surface area contributed by atoms with Crippen molar-refractivity contribution in [3.05, 3.63) is 41.0 Å².